The van der Waals surface area contributed by atoms with E-state index in [2.05, 4.69) is 37.5 Å². The smallest absolute Gasteiger partial charge is 0.257 e. The lowest BCUT2D eigenvalue weighted by atomic mass is 10.1. The van der Waals surface area contributed by atoms with E-state index in [-0.39, 0.29) is 5.56 Å². The van der Waals surface area contributed by atoms with Crippen LogP contribution in [0.4, 0.5) is 5.95 Å². The van der Waals surface area contributed by atoms with Gasteiger partial charge in [-0.1, -0.05) is 60.2 Å². The molecule has 3 aromatic rings. The van der Waals surface area contributed by atoms with E-state index in [1.54, 1.807) is 6.21 Å². The molecule has 0 atom stereocenters. The van der Waals surface area contributed by atoms with Crippen LogP contribution in [0.15, 0.2) is 64.5 Å². The summed E-state index contributed by atoms with van der Waals surface area (Å²) in [5.41, 5.74) is 7.76. The van der Waals surface area contributed by atoms with Gasteiger partial charge in [-0.05, 0) is 18.1 Å². The first-order chi connectivity index (χ1) is 13.7. The molecule has 0 saturated heterocycles. The molecule has 0 spiro atoms. The summed E-state index contributed by atoms with van der Waals surface area (Å²) in [6, 6.07) is 18.3. The summed E-state index contributed by atoms with van der Waals surface area (Å²) >= 11 is 0. The van der Waals surface area contributed by atoms with Crippen LogP contribution >= 0.6 is 0 Å². The molecule has 0 aliphatic carbocycles. The number of hydrogen-bond donors (Lipinski definition) is 2. The largest absolute Gasteiger partial charge is 0.294 e. The first kappa shape index (κ1) is 18.1. The van der Waals surface area contributed by atoms with Crippen LogP contribution in [0.1, 0.15) is 27.9 Å². The van der Waals surface area contributed by atoms with Gasteiger partial charge in [0.15, 0.2) is 0 Å². The number of aromatic amines is 1. The molecule has 4 rings (SSSR count). The Labute approximate surface area is 164 Å². The molecule has 0 radical (unpaired) electrons. The summed E-state index contributed by atoms with van der Waals surface area (Å²) in [5, 5.41) is 4.18. The molecule has 1 aliphatic rings. The molecule has 0 bridgehead atoms. The zero-order valence-corrected chi connectivity index (χ0v) is 15.9. The third kappa shape index (κ3) is 4.35. The summed E-state index contributed by atoms with van der Waals surface area (Å²) in [5.74, 6) is 0.378. The van der Waals surface area contributed by atoms with E-state index in [1.165, 1.54) is 11.1 Å². The Balaban J connectivity index is 1.44. The number of rotatable bonds is 5. The summed E-state index contributed by atoms with van der Waals surface area (Å²) in [4.78, 5) is 22.2. The van der Waals surface area contributed by atoms with Crippen LogP contribution in [0.2, 0.25) is 0 Å². The average molecular weight is 373 g/mol. The van der Waals surface area contributed by atoms with Gasteiger partial charge in [0.05, 0.1) is 17.5 Å². The van der Waals surface area contributed by atoms with Gasteiger partial charge in [-0.2, -0.15) is 5.10 Å². The first-order valence-corrected chi connectivity index (χ1v) is 9.41. The van der Waals surface area contributed by atoms with Crippen molar-refractivity contribution in [2.45, 2.75) is 26.4 Å². The molecule has 1 aromatic heterocycles. The predicted octanol–water partition coefficient (Wildman–Crippen LogP) is 3.08. The highest BCUT2D eigenvalue weighted by Crippen LogP contribution is 2.17. The van der Waals surface area contributed by atoms with E-state index in [0.29, 0.717) is 12.5 Å². The maximum absolute atomic E-state index is 12.5. The van der Waals surface area contributed by atoms with Gasteiger partial charge in [0.1, 0.15) is 0 Å². The van der Waals surface area contributed by atoms with E-state index in [0.717, 1.165) is 36.3 Å². The van der Waals surface area contributed by atoms with Gasteiger partial charge in [0, 0.05) is 26.1 Å². The van der Waals surface area contributed by atoms with Crippen molar-refractivity contribution in [1.82, 2.24) is 14.9 Å². The van der Waals surface area contributed by atoms with E-state index < -0.39 is 0 Å². The number of nitrogens with zero attached hydrogens (tertiary/aromatic N) is 3. The molecule has 2 heterocycles. The Bertz CT molecular complexity index is 1030. The number of fused-ring (bicyclic) bond motifs is 1. The average Bonchev–Trinajstić information content (AvgIpc) is 2.71. The molecule has 0 saturated carbocycles. The van der Waals surface area contributed by atoms with Gasteiger partial charge in [-0.25, -0.2) is 10.4 Å². The van der Waals surface area contributed by atoms with Crippen molar-refractivity contribution >= 4 is 12.2 Å². The minimum absolute atomic E-state index is 0.101. The number of anilines is 1. The number of aryl methyl sites for hydroxylation is 1. The van der Waals surface area contributed by atoms with Gasteiger partial charge in [0.2, 0.25) is 5.95 Å². The molecule has 28 heavy (non-hydrogen) atoms. The second-order valence-corrected chi connectivity index (χ2v) is 7.07. The minimum atomic E-state index is -0.101. The van der Waals surface area contributed by atoms with Crippen molar-refractivity contribution in [3.8, 4) is 0 Å². The fourth-order valence-electron chi connectivity index (χ4n) is 3.33. The lowest BCUT2D eigenvalue weighted by molar-refractivity contribution is 0.242. The summed E-state index contributed by atoms with van der Waals surface area (Å²) in [6.07, 6.45) is 2.46. The molecule has 6 nitrogen and oxygen atoms in total. The third-order valence-electron chi connectivity index (χ3n) is 4.86. The Morgan fingerprint density at radius 3 is 2.75 bits per heavy atom. The second-order valence-electron chi connectivity index (χ2n) is 7.07. The van der Waals surface area contributed by atoms with Crippen molar-refractivity contribution in [2.75, 3.05) is 12.0 Å². The molecule has 0 unspecified atom stereocenters. The van der Waals surface area contributed by atoms with Crippen LogP contribution in [0.25, 0.3) is 0 Å². The van der Waals surface area contributed by atoms with Crippen LogP contribution in [0, 0.1) is 6.92 Å². The predicted molar refractivity (Wildman–Crippen MR) is 112 cm³/mol. The lowest BCUT2D eigenvalue weighted by Gasteiger charge is -2.27. The molecule has 6 heteroatoms. The quantitative estimate of drug-likeness (QED) is 0.532. The normalized spacial score (nSPS) is 14.2. The number of hydrazone groups is 1. The lowest BCUT2D eigenvalue weighted by Crippen LogP contribution is -2.35. The van der Waals surface area contributed by atoms with Gasteiger partial charge in [0.25, 0.3) is 5.56 Å². The maximum atomic E-state index is 12.5. The number of nitrogens with one attached hydrogen (secondary N) is 2. The van der Waals surface area contributed by atoms with Gasteiger partial charge >= 0.3 is 0 Å². The van der Waals surface area contributed by atoms with Crippen LogP contribution in [0.5, 0.6) is 0 Å². The highest BCUT2D eigenvalue weighted by Gasteiger charge is 2.21. The van der Waals surface area contributed by atoms with Crippen molar-refractivity contribution in [2.24, 2.45) is 5.10 Å². The summed E-state index contributed by atoms with van der Waals surface area (Å²) in [7, 11) is 0. The van der Waals surface area contributed by atoms with Crippen molar-refractivity contribution in [3.05, 3.63) is 92.9 Å². The summed E-state index contributed by atoms with van der Waals surface area (Å²) in [6.45, 7) is 4.37. The molecule has 1 aliphatic heterocycles. The van der Waals surface area contributed by atoms with Crippen LogP contribution < -0.4 is 11.0 Å². The van der Waals surface area contributed by atoms with Crippen molar-refractivity contribution in [3.63, 3.8) is 0 Å². The number of hydrogen-bond acceptors (Lipinski definition) is 5. The Kier molecular flexibility index (Phi) is 5.30. The SMILES string of the molecule is Cc1ccc(/C=N\Nc2nc3c(c(=O)[nH]2)CN(Cc2ccccc2)CC3)cc1. The monoisotopic (exact) mass is 373 g/mol. The zero-order chi connectivity index (χ0) is 19.3. The topological polar surface area (TPSA) is 73.4 Å². The van der Waals surface area contributed by atoms with Gasteiger partial charge < -0.3 is 0 Å². The number of H-pyrrole nitrogens is 1. The fraction of sp³-hybridized carbons (Fsp3) is 0.227. The van der Waals surface area contributed by atoms with Crippen LogP contribution in [0.3, 0.4) is 0 Å². The van der Waals surface area contributed by atoms with E-state index in [9.17, 15) is 4.79 Å². The third-order valence-corrected chi connectivity index (χ3v) is 4.86. The highest BCUT2D eigenvalue weighted by atomic mass is 16.1. The van der Waals surface area contributed by atoms with Crippen molar-refractivity contribution in [1.29, 1.82) is 0 Å². The number of aromatic nitrogens is 2. The zero-order valence-electron chi connectivity index (χ0n) is 15.9. The molecular weight excluding hydrogens is 350 g/mol. The molecule has 142 valence electrons. The second kappa shape index (κ2) is 8.19. The summed E-state index contributed by atoms with van der Waals surface area (Å²) < 4.78 is 0. The Morgan fingerprint density at radius 2 is 1.96 bits per heavy atom. The van der Waals surface area contributed by atoms with E-state index in [1.807, 2.05) is 49.4 Å². The van der Waals surface area contributed by atoms with Crippen LogP contribution in [-0.2, 0) is 19.5 Å². The first-order valence-electron chi connectivity index (χ1n) is 9.41. The van der Waals surface area contributed by atoms with Crippen molar-refractivity contribution < 1.29 is 0 Å². The Hall–Kier alpha value is -3.25. The standard InChI is InChI=1S/C22H23N5O/c1-16-7-9-17(10-8-16)13-23-26-22-24-20-11-12-27(15-19(20)21(28)25-22)14-18-5-3-2-4-6-18/h2-10,13H,11-12,14-15H2,1H3,(H2,24,25,26,28)/b23-13-. The Morgan fingerprint density at radius 1 is 1.18 bits per heavy atom. The minimum Gasteiger partial charge on any atom is -0.294 e. The molecule has 2 N–H and O–H groups in total. The maximum Gasteiger partial charge on any atom is 0.257 e. The van der Waals surface area contributed by atoms with Crippen LogP contribution in [-0.4, -0.2) is 27.6 Å². The molecule has 2 aromatic carbocycles. The molecular formula is C22H23N5O. The van der Waals surface area contributed by atoms with Gasteiger partial charge in [-0.15, -0.1) is 0 Å². The van der Waals surface area contributed by atoms with E-state index in [4.69, 9.17) is 0 Å². The number of benzene rings is 2. The highest BCUT2D eigenvalue weighted by molar-refractivity contribution is 5.80. The molecule has 0 fully saturated rings. The molecule has 0 amide bonds. The van der Waals surface area contributed by atoms with E-state index >= 15 is 0 Å². The fourth-order valence-corrected chi connectivity index (χ4v) is 3.33. The van der Waals surface area contributed by atoms with Gasteiger partial charge in [-0.3, -0.25) is 14.7 Å².